The molecular formula is C13H17NO4. The van der Waals surface area contributed by atoms with Crippen LogP contribution in [0.15, 0.2) is 18.2 Å². The molecule has 5 heteroatoms. The summed E-state index contributed by atoms with van der Waals surface area (Å²) in [6.45, 7) is 4.51. The topological polar surface area (TPSA) is 75.6 Å². The monoisotopic (exact) mass is 251 g/mol. The van der Waals surface area contributed by atoms with Crippen molar-refractivity contribution in [3.8, 4) is 5.75 Å². The van der Waals surface area contributed by atoms with Crippen molar-refractivity contribution in [1.82, 2.24) is 5.32 Å². The molecule has 0 aliphatic heterocycles. The molecular weight excluding hydrogens is 234 g/mol. The summed E-state index contributed by atoms with van der Waals surface area (Å²) in [4.78, 5) is 21.9. The normalized spacial score (nSPS) is 9.89. The number of carbonyl (C=O) groups excluding carboxylic acids is 1. The van der Waals surface area contributed by atoms with Crippen LogP contribution in [0.4, 0.5) is 0 Å². The Balaban J connectivity index is 2.53. The van der Waals surface area contributed by atoms with Crippen molar-refractivity contribution in [3.05, 3.63) is 29.3 Å². The van der Waals surface area contributed by atoms with E-state index in [9.17, 15) is 9.59 Å². The number of aryl methyl sites for hydroxylation is 1. The Bertz CT molecular complexity index is 443. The quantitative estimate of drug-likeness (QED) is 0.805. The second-order valence-electron chi connectivity index (χ2n) is 3.84. The molecule has 0 heterocycles. The maximum Gasteiger partial charge on any atom is 0.335 e. The number of carboxylic acids is 1. The van der Waals surface area contributed by atoms with Gasteiger partial charge in [0.2, 0.25) is 5.91 Å². The highest BCUT2D eigenvalue weighted by molar-refractivity contribution is 5.88. The highest BCUT2D eigenvalue weighted by atomic mass is 16.5. The minimum absolute atomic E-state index is 0.0580. The summed E-state index contributed by atoms with van der Waals surface area (Å²) in [6.07, 6.45) is 0.286. The zero-order valence-electron chi connectivity index (χ0n) is 10.5. The van der Waals surface area contributed by atoms with Gasteiger partial charge in [0.25, 0.3) is 0 Å². The lowest BCUT2D eigenvalue weighted by Gasteiger charge is -2.09. The molecule has 2 N–H and O–H groups in total. The van der Waals surface area contributed by atoms with Gasteiger partial charge in [-0.25, -0.2) is 4.79 Å². The van der Waals surface area contributed by atoms with Gasteiger partial charge in [-0.05, 0) is 37.6 Å². The lowest BCUT2D eigenvalue weighted by atomic mass is 10.1. The van der Waals surface area contributed by atoms with Crippen molar-refractivity contribution in [2.45, 2.75) is 20.3 Å². The standard InChI is InChI=1S/C13H17NO4/c1-3-14-12(15)6-7-18-11-5-4-10(13(16)17)8-9(11)2/h4-5,8H,3,6-7H2,1-2H3,(H,14,15)(H,16,17). The van der Waals surface area contributed by atoms with Crippen LogP contribution in [-0.4, -0.2) is 30.1 Å². The van der Waals surface area contributed by atoms with Crippen molar-refractivity contribution < 1.29 is 19.4 Å². The van der Waals surface area contributed by atoms with Crippen molar-refractivity contribution in [1.29, 1.82) is 0 Å². The van der Waals surface area contributed by atoms with Gasteiger partial charge in [-0.2, -0.15) is 0 Å². The van der Waals surface area contributed by atoms with Crippen LogP contribution in [0.2, 0.25) is 0 Å². The van der Waals surface area contributed by atoms with E-state index in [-0.39, 0.29) is 24.5 Å². The highest BCUT2D eigenvalue weighted by Gasteiger charge is 2.07. The van der Waals surface area contributed by atoms with E-state index in [0.29, 0.717) is 12.3 Å². The van der Waals surface area contributed by atoms with Crippen LogP contribution in [-0.2, 0) is 4.79 Å². The molecule has 1 aromatic carbocycles. The second-order valence-corrected chi connectivity index (χ2v) is 3.84. The third-order valence-electron chi connectivity index (χ3n) is 2.38. The average molecular weight is 251 g/mol. The van der Waals surface area contributed by atoms with Gasteiger partial charge in [0, 0.05) is 6.54 Å². The number of carbonyl (C=O) groups is 2. The number of amides is 1. The molecule has 0 radical (unpaired) electrons. The van der Waals surface area contributed by atoms with Gasteiger partial charge >= 0.3 is 5.97 Å². The maximum atomic E-state index is 11.2. The molecule has 5 nitrogen and oxygen atoms in total. The molecule has 0 saturated carbocycles. The Hall–Kier alpha value is -2.04. The molecule has 0 saturated heterocycles. The summed E-state index contributed by atoms with van der Waals surface area (Å²) in [5.74, 6) is -0.423. The third kappa shape index (κ3) is 4.08. The van der Waals surface area contributed by atoms with Crippen LogP contribution < -0.4 is 10.1 Å². The molecule has 0 atom stereocenters. The Morgan fingerprint density at radius 3 is 2.67 bits per heavy atom. The molecule has 0 fully saturated rings. The summed E-state index contributed by atoms with van der Waals surface area (Å²) in [6, 6.07) is 4.64. The largest absolute Gasteiger partial charge is 0.493 e. The first-order chi connectivity index (χ1) is 8.54. The number of hydrogen-bond acceptors (Lipinski definition) is 3. The van der Waals surface area contributed by atoms with Crippen molar-refractivity contribution >= 4 is 11.9 Å². The van der Waals surface area contributed by atoms with Gasteiger partial charge in [-0.3, -0.25) is 4.79 Å². The van der Waals surface area contributed by atoms with Crippen molar-refractivity contribution in [2.75, 3.05) is 13.2 Å². The number of ether oxygens (including phenoxy) is 1. The molecule has 0 aliphatic carbocycles. The van der Waals surface area contributed by atoms with E-state index in [1.165, 1.54) is 6.07 Å². The SMILES string of the molecule is CCNC(=O)CCOc1ccc(C(=O)O)cc1C. The van der Waals surface area contributed by atoms with Gasteiger partial charge in [0.15, 0.2) is 0 Å². The zero-order valence-corrected chi connectivity index (χ0v) is 10.5. The third-order valence-corrected chi connectivity index (χ3v) is 2.38. The van der Waals surface area contributed by atoms with E-state index in [1.807, 2.05) is 6.92 Å². The summed E-state index contributed by atoms with van der Waals surface area (Å²) < 4.78 is 5.43. The van der Waals surface area contributed by atoms with E-state index in [2.05, 4.69) is 5.32 Å². The van der Waals surface area contributed by atoms with Crippen LogP contribution >= 0.6 is 0 Å². The zero-order chi connectivity index (χ0) is 13.5. The van der Waals surface area contributed by atoms with Crippen LogP contribution in [0.5, 0.6) is 5.75 Å². The van der Waals surface area contributed by atoms with Gasteiger partial charge in [-0.15, -0.1) is 0 Å². The predicted molar refractivity (Wildman–Crippen MR) is 66.9 cm³/mol. The maximum absolute atomic E-state index is 11.2. The molecule has 0 aromatic heterocycles. The first-order valence-corrected chi connectivity index (χ1v) is 5.78. The van der Waals surface area contributed by atoms with Crippen LogP contribution in [0, 0.1) is 6.92 Å². The van der Waals surface area contributed by atoms with E-state index in [4.69, 9.17) is 9.84 Å². The second kappa shape index (κ2) is 6.64. The van der Waals surface area contributed by atoms with Gasteiger partial charge in [-0.1, -0.05) is 0 Å². The molecule has 0 spiro atoms. The van der Waals surface area contributed by atoms with E-state index in [1.54, 1.807) is 19.1 Å². The number of aromatic carboxylic acids is 1. The van der Waals surface area contributed by atoms with Crippen LogP contribution in [0.1, 0.15) is 29.3 Å². The Morgan fingerprint density at radius 1 is 1.39 bits per heavy atom. The lowest BCUT2D eigenvalue weighted by Crippen LogP contribution is -2.24. The molecule has 98 valence electrons. The summed E-state index contributed by atoms with van der Waals surface area (Å²) in [7, 11) is 0. The number of carboxylic acid groups (broad SMARTS) is 1. The summed E-state index contributed by atoms with van der Waals surface area (Å²) >= 11 is 0. The molecule has 0 unspecified atom stereocenters. The van der Waals surface area contributed by atoms with Crippen LogP contribution in [0.25, 0.3) is 0 Å². The van der Waals surface area contributed by atoms with E-state index >= 15 is 0 Å². The van der Waals surface area contributed by atoms with Crippen LogP contribution in [0.3, 0.4) is 0 Å². The van der Waals surface area contributed by atoms with E-state index in [0.717, 1.165) is 5.56 Å². The van der Waals surface area contributed by atoms with Gasteiger partial charge < -0.3 is 15.2 Å². The number of benzene rings is 1. The molecule has 0 aliphatic rings. The summed E-state index contributed by atoms with van der Waals surface area (Å²) in [5, 5.41) is 11.5. The minimum Gasteiger partial charge on any atom is -0.493 e. The molecule has 0 bridgehead atoms. The fraction of sp³-hybridized carbons (Fsp3) is 0.385. The van der Waals surface area contributed by atoms with Gasteiger partial charge in [0.05, 0.1) is 18.6 Å². The number of hydrogen-bond donors (Lipinski definition) is 2. The van der Waals surface area contributed by atoms with Gasteiger partial charge in [0.1, 0.15) is 5.75 Å². The summed E-state index contributed by atoms with van der Waals surface area (Å²) in [5.41, 5.74) is 0.967. The molecule has 1 amide bonds. The van der Waals surface area contributed by atoms with E-state index < -0.39 is 5.97 Å². The Morgan fingerprint density at radius 2 is 2.11 bits per heavy atom. The fourth-order valence-corrected chi connectivity index (χ4v) is 1.48. The molecule has 18 heavy (non-hydrogen) atoms. The first-order valence-electron chi connectivity index (χ1n) is 5.78. The highest BCUT2D eigenvalue weighted by Crippen LogP contribution is 2.19. The lowest BCUT2D eigenvalue weighted by molar-refractivity contribution is -0.121. The minimum atomic E-state index is -0.966. The first kappa shape index (κ1) is 14.0. The Labute approximate surface area is 106 Å². The average Bonchev–Trinajstić information content (AvgIpc) is 2.31. The number of nitrogens with one attached hydrogen (secondary N) is 1. The smallest absolute Gasteiger partial charge is 0.335 e. The van der Waals surface area contributed by atoms with Crippen molar-refractivity contribution in [2.24, 2.45) is 0 Å². The Kier molecular flexibility index (Phi) is 5.17. The molecule has 1 aromatic rings. The number of rotatable bonds is 6. The van der Waals surface area contributed by atoms with Crippen molar-refractivity contribution in [3.63, 3.8) is 0 Å². The molecule has 1 rings (SSSR count). The predicted octanol–water partition coefficient (Wildman–Crippen LogP) is 1.60. The fourth-order valence-electron chi connectivity index (χ4n) is 1.48.